The molecule has 26 heavy (non-hydrogen) atoms. The molecule has 0 N–H and O–H groups in total. The first-order chi connectivity index (χ1) is 12.6. The summed E-state index contributed by atoms with van der Waals surface area (Å²) in [6.07, 6.45) is 0. The molecule has 0 bridgehead atoms. The van der Waals surface area contributed by atoms with Crippen LogP contribution < -0.4 is 10.6 Å². The molecular weight excluding hydrogens is 337 g/mol. The molecule has 8 heteroatoms. The van der Waals surface area contributed by atoms with E-state index in [0.29, 0.717) is 22.6 Å². The van der Waals surface area contributed by atoms with Gasteiger partial charge in [0.1, 0.15) is 5.82 Å². The van der Waals surface area contributed by atoms with Gasteiger partial charge < -0.3 is 0 Å². The normalized spacial score (nSPS) is 12.9. The van der Waals surface area contributed by atoms with Gasteiger partial charge in [-0.15, -0.1) is 0 Å². The van der Waals surface area contributed by atoms with Crippen molar-refractivity contribution in [3.63, 3.8) is 0 Å². The van der Waals surface area contributed by atoms with Crippen LogP contribution >= 0.6 is 0 Å². The summed E-state index contributed by atoms with van der Waals surface area (Å²) < 4.78 is 15.2. The van der Waals surface area contributed by atoms with Crippen LogP contribution in [0.3, 0.4) is 0 Å². The quantitative estimate of drug-likeness (QED) is 0.725. The number of fused-ring (bicyclic) bond motifs is 1. The molecule has 2 heterocycles. The largest absolute Gasteiger partial charge is 0.354 e. The SMILES string of the molecule is N#Cc1ccccc1Cn1nc2n(c1=O)C(=O)N(c1ccc(F)cc1)C2. The lowest BCUT2D eigenvalue weighted by molar-refractivity contribution is 0.250. The molecule has 1 aliphatic heterocycles. The molecule has 0 radical (unpaired) electrons. The van der Waals surface area contributed by atoms with Crippen LogP contribution in [0, 0.1) is 17.1 Å². The van der Waals surface area contributed by atoms with Crippen molar-refractivity contribution in [1.29, 1.82) is 5.26 Å². The molecular formula is C18H12FN5O2. The van der Waals surface area contributed by atoms with Gasteiger partial charge in [-0.3, -0.25) is 4.90 Å². The number of aromatic nitrogens is 3. The fraction of sp³-hybridized carbons (Fsp3) is 0.111. The van der Waals surface area contributed by atoms with Gasteiger partial charge in [0, 0.05) is 5.69 Å². The Balaban J connectivity index is 1.66. The molecule has 1 aliphatic rings. The smallest absolute Gasteiger partial charge is 0.286 e. The minimum absolute atomic E-state index is 0.104. The molecule has 3 aromatic rings. The van der Waals surface area contributed by atoms with Crippen LogP contribution in [0.25, 0.3) is 0 Å². The summed E-state index contributed by atoms with van der Waals surface area (Å²) in [5.74, 6) is -0.101. The van der Waals surface area contributed by atoms with Gasteiger partial charge in [-0.1, -0.05) is 18.2 Å². The van der Waals surface area contributed by atoms with Gasteiger partial charge in [0.2, 0.25) is 0 Å². The number of rotatable bonds is 3. The standard InChI is InChI=1S/C18H12FN5O2/c19-14-5-7-15(8-6-14)22-11-16-21-23(18(26)24(16)17(22)25)10-13-4-2-1-3-12(13)9-20/h1-8H,10-11H2. The van der Waals surface area contributed by atoms with Crippen molar-refractivity contribution >= 4 is 11.7 Å². The minimum Gasteiger partial charge on any atom is -0.286 e. The van der Waals surface area contributed by atoms with Crippen LogP contribution in [-0.2, 0) is 13.1 Å². The summed E-state index contributed by atoms with van der Waals surface area (Å²) >= 11 is 0. The van der Waals surface area contributed by atoms with Crippen LogP contribution in [0.2, 0.25) is 0 Å². The Morgan fingerprint density at radius 2 is 1.85 bits per heavy atom. The molecule has 0 spiro atoms. The monoisotopic (exact) mass is 349 g/mol. The van der Waals surface area contributed by atoms with E-state index in [1.54, 1.807) is 24.3 Å². The molecule has 0 saturated carbocycles. The Morgan fingerprint density at radius 3 is 2.54 bits per heavy atom. The summed E-state index contributed by atoms with van der Waals surface area (Å²) in [5, 5.41) is 13.4. The Kier molecular flexibility index (Phi) is 3.62. The summed E-state index contributed by atoms with van der Waals surface area (Å²) in [5.41, 5.74) is 1.02. The van der Waals surface area contributed by atoms with Crippen LogP contribution in [0.1, 0.15) is 17.0 Å². The van der Waals surface area contributed by atoms with Crippen molar-refractivity contribution in [3.8, 4) is 6.07 Å². The first-order valence-electron chi connectivity index (χ1n) is 7.82. The van der Waals surface area contributed by atoms with Gasteiger partial charge in [0.05, 0.1) is 24.7 Å². The highest BCUT2D eigenvalue weighted by molar-refractivity contribution is 5.96. The van der Waals surface area contributed by atoms with Crippen molar-refractivity contribution in [2.75, 3.05) is 4.90 Å². The van der Waals surface area contributed by atoms with Crippen molar-refractivity contribution in [2.24, 2.45) is 0 Å². The van der Waals surface area contributed by atoms with Crippen molar-refractivity contribution in [3.05, 3.63) is 81.8 Å². The molecule has 0 aliphatic carbocycles. The molecule has 1 amide bonds. The van der Waals surface area contributed by atoms with Crippen molar-refractivity contribution < 1.29 is 9.18 Å². The van der Waals surface area contributed by atoms with Gasteiger partial charge in [-0.25, -0.2) is 18.7 Å². The molecule has 0 saturated heterocycles. The highest BCUT2D eigenvalue weighted by atomic mass is 19.1. The number of nitriles is 1. The highest BCUT2D eigenvalue weighted by Crippen LogP contribution is 2.22. The molecule has 128 valence electrons. The number of carbonyl (C=O) groups is 1. The number of carbonyl (C=O) groups excluding carboxylic acids is 1. The van der Waals surface area contributed by atoms with Gasteiger partial charge in [0.15, 0.2) is 5.82 Å². The first-order valence-corrected chi connectivity index (χ1v) is 7.82. The van der Waals surface area contributed by atoms with E-state index >= 15 is 0 Å². The molecule has 0 fully saturated rings. The Hall–Kier alpha value is -3.73. The molecule has 7 nitrogen and oxygen atoms in total. The molecule has 1 aromatic heterocycles. The van der Waals surface area contributed by atoms with Gasteiger partial charge in [-0.2, -0.15) is 14.9 Å². The van der Waals surface area contributed by atoms with Crippen LogP contribution in [-0.4, -0.2) is 20.4 Å². The fourth-order valence-electron chi connectivity index (χ4n) is 2.93. The zero-order valence-corrected chi connectivity index (χ0v) is 13.5. The number of amides is 1. The van der Waals surface area contributed by atoms with Crippen molar-refractivity contribution in [2.45, 2.75) is 13.1 Å². The fourth-order valence-corrected chi connectivity index (χ4v) is 2.93. The number of benzene rings is 2. The number of anilines is 1. The summed E-state index contributed by atoms with van der Waals surface area (Å²) in [7, 11) is 0. The maximum atomic E-state index is 13.1. The third-order valence-electron chi connectivity index (χ3n) is 4.22. The first kappa shape index (κ1) is 15.8. The van der Waals surface area contributed by atoms with E-state index in [4.69, 9.17) is 5.26 Å². The van der Waals surface area contributed by atoms with Gasteiger partial charge in [0.25, 0.3) is 0 Å². The third kappa shape index (κ3) is 2.46. The van der Waals surface area contributed by atoms with Crippen LogP contribution in [0.5, 0.6) is 0 Å². The van der Waals surface area contributed by atoms with E-state index in [2.05, 4.69) is 11.2 Å². The van der Waals surface area contributed by atoms with E-state index in [1.807, 2.05) is 0 Å². The van der Waals surface area contributed by atoms with Crippen molar-refractivity contribution in [1.82, 2.24) is 14.3 Å². The number of nitrogens with zero attached hydrogens (tertiary/aromatic N) is 5. The highest BCUT2D eigenvalue weighted by Gasteiger charge is 2.33. The van der Waals surface area contributed by atoms with E-state index in [1.165, 1.54) is 33.8 Å². The summed E-state index contributed by atoms with van der Waals surface area (Å²) in [4.78, 5) is 26.5. The average Bonchev–Trinajstić information content (AvgIpc) is 3.13. The minimum atomic E-state index is -0.567. The average molecular weight is 349 g/mol. The second kappa shape index (κ2) is 5.97. The predicted octanol–water partition coefficient (Wildman–Crippen LogP) is 2.09. The lowest BCUT2D eigenvalue weighted by Gasteiger charge is -2.14. The topological polar surface area (TPSA) is 83.9 Å². The molecule has 0 atom stereocenters. The Bertz CT molecular complexity index is 1110. The zero-order valence-electron chi connectivity index (χ0n) is 13.5. The lowest BCUT2D eigenvalue weighted by Crippen LogP contribution is -2.35. The lowest BCUT2D eigenvalue weighted by atomic mass is 10.1. The van der Waals surface area contributed by atoms with Crippen LogP contribution in [0.15, 0.2) is 53.3 Å². The zero-order chi connectivity index (χ0) is 18.3. The van der Waals surface area contributed by atoms with E-state index in [-0.39, 0.29) is 13.1 Å². The predicted molar refractivity (Wildman–Crippen MR) is 90.1 cm³/mol. The van der Waals surface area contributed by atoms with E-state index in [9.17, 15) is 14.0 Å². The molecule has 4 rings (SSSR count). The number of halogens is 1. The van der Waals surface area contributed by atoms with E-state index in [0.717, 1.165) is 4.57 Å². The Labute approximate surface area is 147 Å². The molecule has 0 unspecified atom stereocenters. The third-order valence-corrected chi connectivity index (χ3v) is 4.22. The van der Waals surface area contributed by atoms with Crippen LogP contribution in [0.4, 0.5) is 14.9 Å². The number of hydrogen-bond acceptors (Lipinski definition) is 4. The maximum Gasteiger partial charge on any atom is 0.354 e. The maximum absolute atomic E-state index is 13.1. The second-order valence-electron chi connectivity index (χ2n) is 5.81. The van der Waals surface area contributed by atoms with Gasteiger partial charge >= 0.3 is 11.7 Å². The summed E-state index contributed by atoms with van der Waals surface area (Å²) in [6, 6.07) is 13.9. The summed E-state index contributed by atoms with van der Waals surface area (Å²) in [6.45, 7) is 0.221. The Morgan fingerprint density at radius 1 is 1.12 bits per heavy atom. The van der Waals surface area contributed by atoms with E-state index < -0.39 is 17.5 Å². The number of hydrogen-bond donors (Lipinski definition) is 0. The second-order valence-corrected chi connectivity index (χ2v) is 5.81. The van der Waals surface area contributed by atoms with Gasteiger partial charge in [-0.05, 0) is 35.9 Å². The molecule has 2 aromatic carbocycles.